The van der Waals surface area contributed by atoms with Gasteiger partial charge >= 0.3 is 0 Å². The van der Waals surface area contributed by atoms with Gasteiger partial charge in [0.1, 0.15) is 0 Å². The van der Waals surface area contributed by atoms with Crippen LogP contribution in [0.4, 0.5) is 0 Å². The van der Waals surface area contributed by atoms with E-state index in [4.69, 9.17) is 5.73 Å². The maximum atomic E-state index is 10.7. The molecule has 0 fully saturated rings. The minimum Gasteiger partial charge on any atom is -0.369 e. The minimum absolute atomic E-state index is 0.0591. The van der Waals surface area contributed by atoms with Crippen molar-refractivity contribution in [2.24, 2.45) is 5.73 Å². The number of hydrogen-bond acceptors (Lipinski definition) is 2. The number of nitrogens with one attached hydrogen (secondary N) is 1. The Kier molecular flexibility index (Phi) is 3.85. The molecule has 0 saturated carbocycles. The highest BCUT2D eigenvalue weighted by molar-refractivity contribution is 5.76. The molecule has 0 heterocycles. The lowest BCUT2D eigenvalue weighted by atomic mass is 10.1. The van der Waals surface area contributed by atoms with Crippen LogP contribution in [-0.2, 0) is 22.6 Å². The lowest BCUT2D eigenvalue weighted by Gasteiger charge is -2.03. The molecule has 0 aromatic heterocycles. The summed E-state index contributed by atoms with van der Waals surface area (Å²) < 4.78 is 0. The molecule has 1 aromatic carbocycles. The third-order valence-corrected chi connectivity index (χ3v) is 1.94. The van der Waals surface area contributed by atoms with Crippen LogP contribution in [0.1, 0.15) is 18.1 Å². The number of carbonyl (C=O) groups is 2. The summed E-state index contributed by atoms with van der Waals surface area (Å²) >= 11 is 0. The first kappa shape index (κ1) is 11.2. The highest BCUT2D eigenvalue weighted by Gasteiger charge is 1.99. The molecule has 0 radical (unpaired) electrons. The fourth-order valence-electron chi connectivity index (χ4n) is 1.20. The van der Waals surface area contributed by atoms with Gasteiger partial charge in [0.15, 0.2) is 0 Å². The molecule has 0 bridgehead atoms. The van der Waals surface area contributed by atoms with Crippen molar-refractivity contribution in [2.75, 3.05) is 0 Å². The number of primary amides is 1. The van der Waals surface area contributed by atoms with Gasteiger partial charge in [0.05, 0.1) is 6.42 Å². The predicted molar refractivity (Wildman–Crippen MR) is 56.9 cm³/mol. The zero-order valence-corrected chi connectivity index (χ0v) is 8.62. The average Bonchev–Trinajstić information content (AvgIpc) is 2.16. The van der Waals surface area contributed by atoms with E-state index in [0.717, 1.165) is 11.1 Å². The van der Waals surface area contributed by atoms with Gasteiger partial charge in [-0.05, 0) is 11.1 Å². The highest BCUT2D eigenvalue weighted by atomic mass is 16.1. The lowest BCUT2D eigenvalue weighted by molar-refractivity contribution is -0.119. The quantitative estimate of drug-likeness (QED) is 0.746. The minimum atomic E-state index is -0.343. The van der Waals surface area contributed by atoms with E-state index in [1.54, 1.807) is 0 Å². The van der Waals surface area contributed by atoms with Crippen molar-refractivity contribution >= 4 is 11.8 Å². The third kappa shape index (κ3) is 4.26. The Balaban J connectivity index is 2.56. The van der Waals surface area contributed by atoms with Gasteiger partial charge in [-0.25, -0.2) is 0 Å². The molecular formula is C11H14N2O2. The Labute approximate surface area is 88.5 Å². The van der Waals surface area contributed by atoms with Crippen molar-refractivity contribution in [3.63, 3.8) is 0 Å². The molecule has 80 valence electrons. The molecule has 0 unspecified atom stereocenters. The first-order valence-electron chi connectivity index (χ1n) is 4.68. The normalized spacial score (nSPS) is 9.67. The van der Waals surface area contributed by atoms with Crippen molar-refractivity contribution in [1.82, 2.24) is 5.32 Å². The van der Waals surface area contributed by atoms with Crippen LogP contribution in [0.15, 0.2) is 24.3 Å². The van der Waals surface area contributed by atoms with Crippen molar-refractivity contribution < 1.29 is 9.59 Å². The van der Waals surface area contributed by atoms with Crippen LogP contribution in [0.5, 0.6) is 0 Å². The van der Waals surface area contributed by atoms with E-state index in [-0.39, 0.29) is 18.2 Å². The second-order valence-corrected chi connectivity index (χ2v) is 3.37. The smallest absolute Gasteiger partial charge is 0.221 e. The van der Waals surface area contributed by atoms with E-state index < -0.39 is 0 Å². The van der Waals surface area contributed by atoms with Crippen molar-refractivity contribution in [1.29, 1.82) is 0 Å². The Morgan fingerprint density at radius 2 is 1.73 bits per heavy atom. The molecule has 0 saturated heterocycles. The van der Waals surface area contributed by atoms with Crippen LogP contribution in [0.3, 0.4) is 0 Å². The Morgan fingerprint density at radius 1 is 1.20 bits per heavy atom. The number of carbonyl (C=O) groups excluding carboxylic acids is 2. The summed E-state index contributed by atoms with van der Waals surface area (Å²) in [6.45, 7) is 1.98. The van der Waals surface area contributed by atoms with Gasteiger partial charge in [0.25, 0.3) is 0 Å². The van der Waals surface area contributed by atoms with Gasteiger partial charge in [-0.3, -0.25) is 9.59 Å². The predicted octanol–water partition coefficient (Wildman–Crippen LogP) is 0.350. The summed E-state index contributed by atoms with van der Waals surface area (Å²) in [5.41, 5.74) is 6.95. The van der Waals surface area contributed by atoms with Crippen molar-refractivity contribution in [3.8, 4) is 0 Å². The molecule has 4 heteroatoms. The Hall–Kier alpha value is -1.84. The van der Waals surface area contributed by atoms with Gasteiger partial charge in [-0.2, -0.15) is 0 Å². The van der Waals surface area contributed by atoms with Gasteiger partial charge in [-0.1, -0.05) is 24.3 Å². The number of benzene rings is 1. The number of rotatable bonds is 4. The molecule has 0 aliphatic heterocycles. The van der Waals surface area contributed by atoms with Crippen LogP contribution >= 0.6 is 0 Å². The van der Waals surface area contributed by atoms with Gasteiger partial charge in [-0.15, -0.1) is 0 Å². The summed E-state index contributed by atoms with van der Waals surface area (Å²) in [4.78, 5) is 21.3. The first-order valence-corrected chi connectivity index (χ1v) is 4.68. The van der Waals surface area contributed by atoms with Crippen LogP contribution < -0.4 is 11.1 Å². The molecule has 1 aromatic rings. The lowest BCUT2D eigenvalue weighted by Crippen LogP contribution is -2.19. The summed E-state index contributed by atoms with van der Waals surface area (Å²) in [5.74, 6) is -0.402. The molecule has 3 N–H and O–H groups in total. The second kappa shape index (κ2) is 5.14. The zero-order valence-electron chi connectivity index (χ0n) is 8.62. The summed E-state index contributed by atoms with van der Waals surface area (Å²) in [7, 11) is 0. The molecule has 0 atom stereocenters. The molecule has 0 aliphatic rings. The molecule has 0 spiro atoms. The van der Waals surface area contributed by atoms with E-state index in [1.807, 2.05) is 24.3 Å². The van der Waals surface area contributed by atoms with E-state index in [1.165, 1.54) is 6.92 Å². The average molecular weight is 206 g/mol. The Morgan fingerprint density at radius 3 is 2.20 bits per heavy atom. The van der Waals surface area contributed by atoms with Crippen molar-refractivity contribution in [3.05, 3.63) is 35.4 Å². The number of nitrogens with two attached hydrogens (primary N) is 1. The standard InChI is InChI=1S/C11H14N2O2/c1-8(14)13-7-10-4-2-9(3-5-10)6-11(12)15/h2-5H,6-7H2,1H3,(H2,12,15)(H,13,14). The van der Waals surface area contributed by atoms with E-state index in [9.17, 15) is 9.59 Å². The number of amides is 2. The van der Waals surface area contributed by atoms with E-state index in [0.29, 0.717) is 6.54 Å². The second-order valence-electron chi connectivity index (χ2n) is 3.37. The summed E-state index contributed by atoms with van der Waals surface area (Å²) in [6, 6.07) is 7.41. The van der Waals surface area contributed by atoms with Crippen LogP contribution in [0.25, 0.3) is 0 Å². The van der Waals surface area contributed by atoms with Crippen LogP contribution in [0.2, 0.25) is 0 Å². The van der Waals surface area contributed by atoms with E-state index in [2.05, 4.69) is 5.32 Å². The molecule has 2 amide bonds. The van der Waals surface area contributed by atoms with Gasteiger partial charge < -0.3 is 11.1 Å². The molecule has 0 aliphatic carbocycles. The first-order chi connectivity index (χ1) is 7.08. The van der Waals surface area contributed by atoms with Gasteiger partial charge in [0, 0.05) is 13.5 Å². The van der Waals surface area contributed by atoms with Crippen LogP contribution in [0, 0.1) is 0 Å². The fourth-order valence-corrected chi connectivity index (χ4v) is 1.20. The monoisotopic (exact) mass is 206 g/mol. The van der Waals surface area contributed by atoms with Gasteiger partial charge in [0.2, 0.25) is 11.8 Å². The molecule has 4 nitrogen and oxygen atoms in total. The number of hydrogen-bond donors (Lipinski definition) is 2. The summed E-state index contributed by atoms with van der Waals surface area (Å²) in [5, 5.41) is 2.69. The maximum Gasteiger partial charge on any atom is 0.221 e. The van der Waals surface area contributed by atoms with Crippen molar-refractivity contribution in [2.45, 2.75) is 19.9 Å². The maximum absolute atomic E-state index is 10.7. The zero-order chi connectivity index (χ0) is 11.3. The Bertz CT molecular complexity index is 357. The fraction of sp³-hybridized carbons (Fsp3) is 0.273. The molecule has 1 rings (SSSR count). The molecule has 15 heavy (non-hydrogen) atoms. The van der Waals surface area contributed by atoms with E-state index >= 15 is 0 Å². The SMILES string of the molecule is CC(=O)NCc1ccc(CC(N)=O)cc1. The van der Waals surface area contributed by atoms with Crippen LogP contribution in [-0.4, -0.2) is 11.8 Å². The molecular weight excluding hydrogens is 192 g/mol. The summed E-state index contributed by atoms with van der Waals surface area (Å²) in [6.07, 6.45) is 0.250. The topological polar surface area (TPSA) is 72.2 Å². The third-order valence-electron chi connectivity index (χ3n) is 1.94. The largest absolute Gasteiger partial charge is 0.369 e. The highest BCUT2D eigenvalue weighted by Crippen LogP contribution is 2.04.